The molecule has 2 N–H and O–H groups in total. The molecule has 0 aliphatic heterocycles. The van der Waals surface area contributed by atoms with Crippen LogP contribution in [-0.2, 0) is 4.79 Å². The Balaban J connectivity index is 1.87. The summed E-state index contributed by atoms with van der Waals surface area (Å²) in [6.07, 6.45) is -4.48. The molecule has 0 aliphatic carbocycles. The minimum absolute atomic E-state index is 0.0531. The van der Waals surface area contributed by atoms with Crippen molar-refractivity contribution in [2.45, 2.75) is 11.1 Å². The zero-order valence-electron chi connectivity index (χ0n) is 13.6. The number of hydrogen-bond donors (Lipinski definition) is 2. The van der Waals surface area contributed by atoms with Crippen molar-refractivity contribution in [3.63, 3.8) is 0 Å². The van der Waals surface area contributed by atoms with Gasteiger partial charge in [-0.25, -0.2) is 0 Å². The fraction of sp³-hybridized carbons (Fsp3) is 0.176. The van der Waals surface area contributed by atoms with E-state index in [0.29, 0.717) is 20.6 Å². The van der Waals surface area contributed by atoms with E-state index in [4.69, 9.17) is 23.2 Å². The summed E-state index contributed by atoms with van der Waals surface area (Å²) in [5.41, 5.74) is 0.461. The van der Waals surface area contributed by atoms with Crippen LogP contribution < -0.4 is 10.6 Å². The molecule has 0 aromatic heterocycles. The molecule has 4 nitrogen and oxygen atoms in total. The van der Waals surface area contributed by atoms with Crippen molar-refractivity contribution in [2.24, 2.45) is 0 Å². The van der Waals surface area contributed by atoms with Gasteiger partial charge in [-0.1, -0.05) is 23.2 Å². The molecular formula is C17H13Cl2F3N2O2S. The number of carbonyl (C=O) groups excluding carboxylic acids is 2. The molecule has 2 aromatic rings. The summed E-state index contributed by atoms with van der Waals surface area (Å²) in [5, 5.41) is 5.37. The van der Waals surface area contributed by atoms with Gasteiger partial charge in [0, 0.05) is 21.2 Å². The highest BCUT2D eigenvalue weighted by molar-refractivity contribution is 8.00. The van der Waals surface area contributed by atoms with Gasteiger partial charge in [0.15, 0.2) is 0 Å². The highest BCUT2D eigenvalue weighted by Crippen LogP contribution is 2.29. The summed E-state index contributed by atoms with van der Waals surface area (Å²) in [6, 6.07) is 10.4. The van der Waals surface area contributed by atoms with E-state index in [-0.39, 0.29) is 17.2 Å². The molecule has 0 atom stereocenters. The third-order valence-electron chi connectivity index (χ3n) is 3.13. The third kappa shape index (κ3) is 7.32. The second-order valence-electron chi connectivity index (χ2n) is 5.29. The van der Waals surface area contributed by atoms with Crippen LogP contribution in [0.4, 0.5) is 18.9 Å². The molecular weight excluding hydrogens is 424 g/mol. The van der Waals surface area contributed by atoms with E-state index >= 15 is 0 Å². The lowest BCUT2D eigenvalue weighted by Gasteiger charge is -2.09. The summed E-state index contributed by atoms with van der Waals surface area (Å²) >= 11 is 13.1. The van der Waals surface area contributed by atoms with Crippen LogP contribution in [0.5, 0.6) is 0 Å². The lowest BCUT2D eigenvalue weighted by molar-refractivity contribution is -0.123. The Hall–Kier alpha value is -1.90. The Morgan fingerprint density at radius 2 is 1.70 bits per heavy atom. The Morgan fingerprint density at radius 1 is 1.04 bits per heavy atom. The molecule has 144 valence electrons. The molecule has 0 spiro atoms. The molecule has 2 amide bonds. The summed E-state index contributed by atoms with van der Waals surface area (Å²) in [6.45, 7) is -1.41. The minimum atomic E-state index is -4.48. The van der Waals surface area contributed by atoms with Crippen molar-refractivity contribution in [3.05, 3.63) is 58.1 Å². The molecule has 0 saturated carbocycles. The maximum Gasteiger partial charge on any atom is 0.405 e. The predicted octanol–water partition coefficient (Wildman–Crippen LogP) is 5.02. The molecule has 0 fully saturated rings. The van der Waals surface area contributed by atoms with Crippen LogP contribution in [0.2, 0.25) is 10.0 Å². The van der Waals surface area contributed by atoms with Crippen LogP contribution >= 0.6 is 35.0 Å². The first-order valence-corrected chi connectivity index (χ1v) is 9.21. The van der Waals surface area contributed by atoms with Crippen molar-refractivity contribution < 1.29 is 22.8 Å². The monoisotopic (exact) mass is 436 g/mol. The van der Waals surface area contributed by atoms with Gasteiger partial charge in [0.1, 0.15) is 6.54 Å². The fourth-order valence-electron chi connectivity index (χ4n) is 1.92. The summed E-state index contributed by atoms with van der Waals surface area (Å²) in [7, 11) is 0. The third-order valence-corrected chi connectivity index (χ3v) is 4.86. The number of amides is 2. The van der Waals surface area contributed by atoms with Gasteiger partial charge in [0.05, 0.1) is 10.8 Å². The number of rotatable bonds is 6. The first-order chi connectivity index (χ1) is 12.6. The van der Waals surface area contributed by atoms with Gasteiger partial charge in [-0.15, -0.1) is 11.8 Å². The molecule has 10 heteroatoms. The first-order valence-electron chi connectivity index (χ1n) is 7.47. The van der Waals surface area contributed by atoms with Gasteiger partial charge in [0.2, 0.25) is 5.91 Å². The maximum absolute atomic E-state index is 12.1. The second kappa shape index (κ2) is 9.34. The van der Waals surface area contributed by atoms with Crippen LogP contribution in [0.25, 0.3) is 0 Å². The Kier molecular flexibility index (Phi) is 7.41. The SMILES string of the molecule is O=C(CSc1cc(Cl)ccc1Cl)Nc1ccc(C(=O)NCC(F)(F)F)cc1. The van der Waals surface area contributed by atoms with Gasteiger partial charge in [-0.05, 0) is 42.5 Å². The van der Waals surface area contributed by atoms with Gasteiger partial charge in [-0.3, -0.25) is 9.59 Å². The maximum atomic E-state index is 12.1. The number of anilines is 1. The molecule has 0 saturated heterocycles. The van der Waals surface area contributed by atoms with Crippen LogP contribution in [-0.4, -0.2) is 30.3 Å². The topological polar surface area (TPSA) is 58.2 Å². The van der Waals surface area contributed by atoms with Gasteiger partial charge < -0.3 is 10.6 Å². The summed E-state index contributed by atoms with van der Waals surface area (Å²) in [4.78, 5) is 24.3. The smallest absolute Gasteiger partial charge is 0.343 e. The van der Waals surface area contributed by atoms with E-state index in [2.05, 4.69) is 5.32 Å². The number of alkyl halides is 3. The first kappa shape index (κ1) is 21.4. The van der Waals surface area contributed by atoms with E-state index in [9.17, 15) is 22.8 Å². The van der Waals surface area contributed by atoms with Crippen molar-refractivity contribution in [1.82, 2.24) is 5.32 Å². The van der Waals surface area contributed by atoms with Gasteiger partial charge >= 0.3 is 6.18 Å². The van der Waals surface area contributed by atoms with E-state index in [0.717, 1.165) is 0 Å². The van der Waals surface area contributed by atoms with E-state index in [1.165, 1.54) is 36.0 Å². The lowest BCUT2D eigenvalue weighted by Crippen LogP contribution is -2.33. The van der Waals surface area contributed by atoms with E-state index in [1.54, 1.807) is 23.5 Å². The Bertz CT molecular complexity index is 830. The zero-order chi connectivity index (χ0) is 20.0. The molecule has 2 rings (SSSR count). The average molecular weight is 437 g/mol. The highest BCUT2D eigenvalue weighted by Gasteiger charge is 2.27. The molecule has 2 aromatic carbocycles. The lowest BCUT2D eigenvalue weighted by atomic mass is 10.2. The number of halogens is 5. The number of hydrogen-bond acceptors (Lipinski definition) is 3. The van der Waals surface area contributed by atoms with Gasteiger partial charge in [0.25, 0.3) is 5.91 Å². The van der Waals surface area contributed by atoms with Crippen LogP contribution in [0.3, 0.4) is 0 Å². The van der Waals surface area contributed by atoms with Crippen molar-refractivity contribution in [2.75, 3.05) is 17.6 Å². The van der Waals surface area contributed by atoms with Crippen molar-refractivity contribution in [3.8, 4) is 0 Å². The molecule has 0 radical (unpaired) electrons. The number of benzene rings is 2. The van der Waals surface area contributed by atoms with Crippen LogP contribution in [0.1, 0.15) is 10.4 Å². The Labute approximate surface area is 167 Å². The van der Waals surface area contributed by atoms with E-state index < -0.39 is 18.6 Å². The van der Waals surface area contributed by atoms with Gasteiger partial charge in [-0.2, -0.15) is 13.2 Å². The standard InChI is InChI=1S/C17H13Cl2F3N2O2S/c18-11-3-6-13(19)14(7-11)27-8-15(25)24-12-4-1-10(2-5-12)16(26)23-9-17(20,21)22/h1-7H,8-9H2,(H,23,26)(H,24,25). The predicted molar refractivity (Wildman–Crippen MR) is 101 cm³/mol. The molecule has 27 heavy (non-hydrogen) atoms. The quantitative estimate of drug-likeness (QED) is 0.625. The molecule has 0 heterocycles. The normalized spacial score (nSPS) is 11.1. The average Bonchev–Trinajstić information content (AvgIpc) is 2.60. The summed E-state index contributed by atoms with van der Waals surface area (Å²) < 4.78 is 36.3. The minimum Gasteiger partial charge on any atom is -0.343 e. The van der Waals surface area contributed by atoms with Crippen LogP contribution in [0.15, 0.2) is 47.4 Å². The van der Waals surface area contributed by atoms with Crippen LogP contribution in [0, 0.1) is 0 Å². The van der Waals surface area contributed by atoms with Crippen molar-refractivity contribution >= 4 is 52.5 Å². The fourth-order valence-corrected chi connectivity index (χ4v) is 3.21. The molecule has 0 bridgehead atoms. The number of thioether (sulfide) groups is 1. The molecule has 0 aliphatic rings. The second-order valence-corrected chi connectivity index (χ2v) is 7.15. The Morgan fingerprint density at radius 3 is 2.33 bits per heavy atom. The van der Waals surface area contributed by atoms with Crippen molar-refractivity contribution in [1.29, 1.82) is 0 Å². The number of nitrogens with one attached hydrogen (secondary N) is 2. The molecule has 0 unspecified atom stereocenters. The highest BCUT2D eigenvalue weighted by atomic mass is 35.5. The zero-order valence-corrected chi connectivity index (χ0v) is 15.9. The van der Waals surface area contributed by atoms with E-state index in [1.807, 2.05) is 0 Å². The number of carbonyl (C=O) groups is 2. The summed E-state index contributed by atoms with van der Waals surface area (Å²) in [5.74, 6) is -1.09. The largest absolute Gasteiger partial charge is 0.405 e.